The normalized spacial score (nSPS) is 20.2. The highest BCUT2D eigenvalue weighted by atomic mass is 32.2. The molecule has 2 rings (SSSR count). The highest BCUT2D eigenvalue weighted by Gasteiger charge is 2.33. The Morgan fingerprint density at radius 3 is 2.48 bits per heavy atom. The summed E-state index contributed by atoms with van der Waals surface area (Å²) in [5.41, 5.74) is 0. The molecule has 7 heteroatoms. The van der Waals surface area contributed by atoms with Crippen LogP contribution in [-0.2, 0) is 14.8 Å². The molecule has 1 unspecified atom stereocenters. The lowest BCUT2D eigenvalue weighted by Gasteiger charge is -2.32. The van der Waals surface area contributed by atoms with Crippen LogP contribution in [0.15, 0.2) is 29.2 Å². The fourth-order valence-electron chi connectivity index (χ4n) is 2.48. The first-order valence-corrected chi connectivity index (χ1v) is 8.23. The number of carbonyl (C=O) groups is 1. The van der Waals surface area contributed by atoms with Crippen LogP contribution in [0.2, 0.25) is 0 Å². The molecule has 5 nitrogen and oxygen atoms in total. The second-order valence-corrected chi connectivity index (χ2v) is 7.33. The van der Waals surface area contributed by atoms with Crippen LogP contribution in [0.4, 0.5) is 4.39 Å². The molecule has 0 spiro atoms. The van der Waals surface area contributed by atoms with Gasteiger partial charge in [0, 0.05) is 27.2 Å². The monoisotopic (exact) mass is 314 g/mol. The molecule has 0 aliphatic carbocycles. The molecule has 1 heterocycles. The summed E-state index contributed by atoms with van der Waals surface area (Å²) in [5.74, 6) is -0.855. The second-order valence-electron chi connectivity index (χ2n) is 5.39. The van der Waals surface area contributed by atoms with Gasteiger partial charge in [-0.25, -0.2) is 12.8 Å². The lowest BCUT2D eigenvalue weighted by molar-refractivity contribution is -0.134. The molecule has 0 radical (unpaired) electrons. The first-order chi connectivity index (χ1) is 9.82. The van der Waals surface area contributed by atoms with Crippen molar-refractivity contribution in [2.45, 2.75) is 17.7 Å². The van der Waals surface area contributed by atoms with Gasteiger partial charge in [-0.05, 0) is 37.1 Å². The fraction of sp³-hybridized carbons (Fsp3) is 0.500. The number of halogens is 1. The van der Waals surface area contributed by atoms with Crippen LogP contribution in [-0.4, -0.2) is 50.7 Å². The number of piperidine rings is 1. The predicted molar refractivity (Wildman–Crippen MR) is 76.6 cm³/mol. The van der Waals surface area contributed by atoms with E-state index < -0.39 is 15.8 Å². The quantitative estimate of drug-likeness (QED) is 0.845. The Labute approximate surface area is 124 Å². The summed E-state index contributed by atoms with van der Waals surface area (Å²) in [4.78, 5) is 13.5. The maximum Gasteiger partial charge on any atom is 0.243 e. The highest BCUT2D eigenvalue weighted by molar-refractivity contribution is 7.89. The van der Waals surface area contributed by atoms with Crippen LogP contribution in [0.1, 0.15) is 12.8 Å². The van der Waals surface area contributed by atoms with Crippen molar-refractivity contribution in [3.05, 3.63) is 30.1 Å². The van der Waals surface area contributed by atoms with Crippen LogP contribution >= 0.6 is 0 Å². The Morgan fingerprint density at radius 2 is 1.90 bits per heavy atom. The third kappa shape index (κ3) is 3.41. The Bertz CT molecular complexity index is 614. The number of hydrogen-bond donors (Lipinski definition) is 0. The summed E-state index contributed by atoms with van der Waals surface area (Å²) in [6.07, 6.45) is 1.33. The molecule has 1 aliphatic rings. The van der Waals surface area contributed by atoms with E-state index in [1.165, 1.54) is 21.3 Å². The van der Waals surface area contributed by atoms with E-state index in [1.54, 1.807) is 14.1 Å². The maximum atomic E-state index is 12.9. The lowest BCUT2D eigenvalue weighted by atomic mass is 9.98. The molecule has 1 aromatic rings. The van der Waals surface area contributed by atoms with Gasteiger partial charge in [-0.2, -0.15) is 4.31 Å². The van der Waals surface area contributed by atoms with Crippen molar-refractivity contribution in [1.29, 1.82) is 0 Å². The number of hydrogen-bond acceptors (Lipinski definition) is 3. The minimum atomic E-state index is -3.68. The molecule has 116 valence electrons. The van der Waals surface area contributed by atoms with Gasteiger partial charge >= 0.3 is 0 Å². The van der Waals surface area contributed by atoms with E-state index in [0.29, 0.717) is 19.4 Å². The van der Waals surface area contributed by atoms with Gasteiger partial charge in [-0.3, -0.25) is 4.79 Å². The average molecular weight is 314 g/mol. The van der Waals surface area contributed by atoms with E-state index in [-0.39, 0.29) is 23.3 Å². The molecule has 21 heavy (non-hydrogen) atoms. The number of carbonyl (C=O) groups excluding carboxylic acids is 1. The maximum absolute atomic E-state index is 12.9. The highest BCUT2D eigenvalue weighted by Crippen LogP contribution is 2.24. The van der Waals surface area contributed by atoms with Gasteiger partial charge < -0.3 is 4.90 Å². The van der Waals surface area contributed by atoms with E-state index in [4.69, 9.17) is 0 Å². The van der Waals surface area contributed by atoms with E-state index in [1.807, 2.05) is 0 Å². The number of amides is 1. The van der Waals surface area contributed by atoms with E-state index >= 15 is 0 Å². The molecule has 0 bridgehead atoms. The van der Waals surface area contributed by atoms with Crippen molar-refractivity contribution in [2.75, 3.05) is 27.2 Å². The summed E-state index contributed by atoms with van der Waals surface area (Å²) >= 11 is 0. The standard InChI is InChI=1S/C14H19FN2O3S/c1-16(2)14(18)11-4-3-9-17(10-11)21(19,20)13-7-5-12(15)6-8-13/h5-8,11H,3-4,9-10H2,1-2H3. The lowest BCUT2D eigenvalue weighted by Crippen LogP contribution is -2.45. The van der Waals surface area contributed by atoms with Crippen molar-refractivity contribution in [2.24, 2.45) is 5.92 Å². The fourth-order valence-corrected chi connectivity index (χ4v) is 4.01. The topological polar surface area (TPSA) is 57.7 Å². The molecule has 1 fully saturated rings. The summed E-state index contributed by atoms with van der Waals surface area (Å²) in [7, 11) is -0.350. The molecule has 1 amide bonds. The third-order valence-corrected chi connectivity index (χ3v) is 5.50. The van der Waals surface area contributed by atoms with Crippen LogP contribution in [0.3, 0.4) is 0 Å². The molecule has 1 aromatic carbocycles. The molecule has 0 aromatic heterocycles. The van der Waals surface area contributed by atoms with E-state index in [0.717, 1.165) is 12.1 Å². The van der Waals surface area contributed by atoms with Crippen molar-refractivity contribution in [3.63, 3.8) is 0 Å². The summed E-state index contributed by atoms with van der Waals surface area (Å²) in [6.45, 7) is 0.563. The molecule has 1 saturated heterocycles. The van der Waals surface area contributed by atoms with Gasteiger partial charge in [0.1, 0.15) is 5.82 Å². The smallest absolute Gasteiger partial charge is 0.243 e. The van der Waals surface area contributed by atoms with E-state index in [9.17, 15) is 17.6 Å². The average Bonchev–Trinajstić information content (AvgIpc) is 2.47. The van der Waals surface area contributed by atoms with Crippen molar-refractivity contribution in [1.82, 2.24) is 9.21 Å². The Morgan fingerprint density at radius 1 is 1.29 bits per heavy atom. The van der Waals surface area contributed by atoms with Gasteiger partial charge in [-0.1, -0.05) is 0 Å². The van der Waals surface area contributed by atoms with Crippen LogP contribution in [0.5, 0.6) is 0 Å². The Kier molecular flexibility index (Phi) is 4.63. The van der Waals surface area contributed by atoms with Crippen molar-refractivity contribution >= 4 is 15.9 Å². The van der Waals surface area contributed by atoms with Crippen molar-refractivity contribution < 1.29 is 17.6 Å². The van der Waals surface area contributed by atoms with Gasteiger partial charge in [-0.15, -0.1) is 0 Å². The molecular weight excluding hydrogens is 295 g/mol. The largest absolute Gasteiger partial charge is 0.349 e. The summed E-state index contributed by atoms with van der Waals surface area (Å²) in [6, 6.07) is 4.75. The zero-order valence-corrected chi connectivity index (χ0v) is 12.9. The molecule has 0 saturated carbocycles. The Balaban J connectivity index is 2.20. The molecule has 1 aliphatic heterocycles. The number of rotatable bonds is 3. The van der Waals surface area contributed by atoms with Crippen LogP contribution in [0.25, 0.3) is 0 Å². The first-order valence-electron chi connectivity index (χ1n) is 6.79. The van der Waals surface area contributed by atoms with Crippen LogP contribution in [0, 0.1) is 11.7 Å². The number of sulfonamides is 1. The van der Waals surface area contributed by atoms with Crippen molar-refractivity contribution in [3.8, 4) is 0 Å². The van der Waals surface area contributed by atoms with E-state index in [2.05, 4.69) is 0 Å². The molecular formula is C14H19FN2O3S. The molecule has 0 N–H and O–H groups in total. The third-order valence-electron chi connectivity index (χ3n) is 3.63. The van der Waals surface area contributed by atoms with Gasteiger partial charge in [0.05, 0.1) is 10.8 Å². The zero-order valence-electron chi connectivity index (χ0n) is 12.1. The minimum absolute atomic E-state index is 0.0573. The van der Waals surface area contributed by atoms with Crippen LogP contribution < -0.4 is 0 Å². The first kappa shape index (κ1) is 15.9. The van der Waals surface area contributed by atoms with Gasteiger partial charge in [0.25, 0.3) is 0 Å². The molecule has 1 atom stereocenters. The van der Waals surface area contributed by atoms with Gasteiger partial charge in [0.15, 0.2) is 0 Å². The predicted octanol–water partition coefficient (Wildman–Crippen LogP) is 1.31. The minimum Gasteiger partial charge on any atom is -0.349 e. The summed E-state index contributed by atoms with van der Waals surface area (Å²) in [5, 5.41) is 0. The summed E-state index contributed by atoms with van der Waals surface area (Å²) < 4.78 is 39.3. The SMILES string of the molecule is CN(C)C(=O)C1CCCN(S(=O)(=O)c2ccc(F)cc2)C1. The Hall–Kier alpha value is -1.47. The number of nitrogens with zero attached hydrogens (tertiary/aromatic N) is 2. The zero-order chi connectivity index (χ0) is 15.6. The number of benzene rings is 1. The van der Waals surface area contributed by atoms with Gasteiger partial charge in [0.2, 0.25) is 15.9 Å². The second kappa shape index (κ2) is 6.11.